The second-order valence-corrected chi connectivity index (χ2v) is 6.73. The van der Waals surface area contributed by atoms with Gasteiger partial charge in [0.15, 0.2) is 0 Å². The van der Waals surface area contributed by atoms with Crippen molar-refractivity contribution in [1.82, 2.24) is 4.90 Å². The first-order valence-corrected chi connectivity index (χ1v) is 9.50. The summed E-state index contributed by atoms with van der Waals surface area (Å²) in [5, 5.41) is 13.2. The molecular formula is C21H26FN3O3. The second kappa shape index (κ2) is 9.52. The van der Waals surface area contributed by atoms with E-state index in [4.69, 9.17) is 4.74 Å². The number of anilines is 2. The minimum atomic E-state index is -0.677. The van der Waals surface area contributed by atoms with Crippen molar-refractivity contribution >= 4 is 17.5 Å². The molecule has 0 radical (unpaired) electrons. The molecule has 1 saturated heterocycles. The van der Waals surface area contributed by atoms with Crippen LogP contribution < -0.4 is 10.2 Å². The lowest BCUT2D eigenvalue weighted by atomic mass is 10.1. The van der Waals surface area contributed by atoms with E-state index in [1.807, 2.05) is 17.0 Å². The fourth-order valence-corrected chi connectivity index (χ4v) is 3.34. The van der Waals surface area contributed by atoms with Gasteiger partial charge in [0.25, 0.3) is 0 Å². The van der Waals surface area contributed by atoms with Gasteiger partial charge in [0, 0.05) is 38.4 Å². The van der Waals surface area contributed by atoms with Crippen molar-refractivity contribution in [2.24, 2.45) is 0 Å². The Hall–Kier alpha value is -2.64. The predicted octanol–water partition coefficient (Wildman–Crippen LogP) is 3.25. The van der Waals surface area contributed by atoms with E-state index in [1.165, 1.54) is 6.07 Å². The van der Waals surface area contributed by atoms with Crippen LogP contribution in [0.3, 0.4) is 0 Å². The summed E-state index contributed by atoms with van der Waals surface area (Å²) in [5.74, 6) is -0.207. The number of β-amino-alcohol motifs (C(OH)–C–C–N with tert-alkyl or cyclic N) is 1. The Kier molecular flexibility index (Phi) is 6.84. The van der Waals surface area contributed by atoms with Crippen LogP contribution in [0.5, 0.6) is 0 Å². The van der Waals surface area contributed by atoms with E-state index >= 15 is 0 Å². The third-order valence-corrected chi connectivity index (χ3v) is 4.79. The minimum absolute atomic E-state index is 0.207. The Bertz CT molecular complexity index is 794. The van der Waals surface area contributed by atoms with Crippen LogP contribution in [0.15, 0.2) is 48.5 Å². The minimum Gasteiger partial charge on any atom is -0.450 e. The highest BCUT2D eigenvalue weighted by Gasteiger charge is 2.21. The number of hydrogen-bond acceptors (Lipinski definition) is 5. The van der Waals surface area contributed by atoms with Gasteiger partial charge in [-0.05, 0) is 36.8 Å². The molecule has 7 heteroatoms. The van der Waals surface area contributed by atoms with E-state index in [9.17, 15) is 14.3 Å². The predicted molar refractivity (Wildman–Crippen MR) is 107 cm³/mol. The summed E-state index contributed by atoms with van der Waals surface area (Å²) in [6, 6.07) is 13.9. The lowest BCUT2D eigenvalue weighted by Gasteiger charge is -2.37. The molecule has 0 aliphatic carbocycles. The average Bonchev–Trinajstić information content (AvgIpc) is 2.69. The molecular weight excluding hydrogens is 361 g/mol. The highest BCUT2D eigenvalue weighted by atomic mass is 19.1. The van der Waals surface area contributed by atoms with Crippen molar-refractivity contribution in [3.05, 3.63) is 59.9 Å². The number of benzene rings is 2. The summed E-state index contributed by atoms with van der Waals surface area (Å²) >= 11 is 0. The fraction of sp³-hybridized carbons (Fsp3) is 0.381. The van der Waals surface area contributed by atoms with E-state index in [0.29, 0.717) is 37.6 Å². The Morgan fingerprint density at radius 1 is 1.18 bits per heavy atom. The summed E-state index contributed by atoms with van der Waals surface area (Å²) in [6.45, 7) is 5.42. The van der Waals surface area contributed by atoms with Gasteiger partial charge in [-0.25, -0.2) is 9.18 Å². The number of rotatable bonds is 6. The number of halogens is 1. The van der Waals surface area contributed by atoms with Gasteiger partial charge in [-0.1, -0.05) is 24.3 Å². The largest absolute Gasteiger partial charge is 0.450 e. The van der Waals surface area contributed by atoms with Gasteiger partial charge in [0.1, 0.15) is 5.82 Å². The van der Waals surface area contributed by atoms with Gasteiger partial charge in [-0.3, -0.25) is 10.2 Å². The molecule has 2 aromatic rings. The van der Waals surface area contributed by atoms with Crippen molar-refractivity contribution in [1.29, 1.82) is 0 Å². The molecule has 1 atom stereocenters. The zero-order valence-corrected chi connectivity index (χ0v) is 16.0. The molecule has 1 unspecified atom stereocenters. The average molecular weight is 387 g/mol. The number of nitrogens with one attached hydrogen (secondary N) is 1. The lowest BCUT2D eigenvalue weighted by Crippen LogP contribution is -2.47. The van der Waals surface area contributed by atoms with Gasteiger partial charge in [-0.15, -0.1) is 0 Å². The van der Waals surface area contributed by atoms with Gasteiger partial charge in [0.05, 0.1) is 18.4 Å². The molecule has 150 valence electrons. The van der Waals surface area contributed by atoms with Crippen molar-refractivity contribution in [3.63, 3.8) is 0 Å². The molecule has 1 heterocycles. The molecule has 0 bridgehead atoms. The van der Waals surface area contributed by atoms with Crippen LogP contribution in [0.25, 0.3) is 0 Å². The Morgan fingerprint density at radius 3 is 2.64 bits per heavy atom. The quantitative estimate of drug-likeness (QED) is 0.797. The van der Waals surface area contributed by atoms with Crippen molar-refractivity contribution in [3.8, 4) is 0 Å². The lowest BCUT2D eigenvalue weighted by molar-refractivity contribution is 0.109. The highest BCUT2D eigenvalue weighted by molar-refractivity contribution is 5.84. The Balaban J connectivity index is 1.54. The van der Waals surface area contributed by atoms with Crippen molar-refractivity contribution in [2.45, 2.75) is 13.0 Å². The second-order valence-electron chi connectivity index (χ2n) is 6.73. The number of para-hydroxylation sites is 1. The Morgan fingerprint density at radius 2 is 1.93 bits per heavy atom. The van der Waals surface area contributed by atoms with Crippen molar-refractivity contribution in [2.75, 3.05) is 49.5 Å². The third kappa shape index (κ3) is 5.21. The maximum atomic E-state index is 13.9. The standard InChI is InChI=1S/C21H26FN3O3/c1-2-28-21(27)23-17-7-5-6-16(14-17)20(26)15-24-10-12-25(13-11-24)19-9-4-3-8-18(19)22/h3-9,14,20,26H,2,10-13,15H2,1H3,(H,23,27). The zero-order valence-electron chi connectivity index (χ0n) is 16.0. The molecule has 1 fully saturated rings. The van der Waals surface area contributed by atoms with E-state index in [-0.39, 0.29) is 5.82 Å². The van der Waals surface area contributed by atoms with E-state index in [0.717, 1.165) is 18.7 Å². The van der Waals surface area contributed by atoms with Gasteiger partial charge >= 0.3 is 6.09 Å². The van der Waals surface area contributed by atoms with Gasteiger partial charge < -0.3 is 14.7 Å². The number of aliphatic hydroxyl groups excluding tert-OH is 1. The third-order valence-electron chi connectivity index (χ3n) is 4.79. The number of nitrogens with zero attached hydrogens (tertiary/aromatic N) is 2. The number of carbonyl (C=O) groups excluding carboxylic acids is 1. The monoisotopic (exact) mass is 387 g/mol. The van der Waals surface area contributed by atoms with Crippen LogP contribution in [0.4, 0.5) is 20.6 Å². The molecule has 0 aromatic heterocycles. The zero-order chi connectivity index (χ0) is 19.9. The number of carbonyl (C=O) groups is 1. The molecule has 0 spiro atoms. The molecule has 0 saturated carbocycles. The van der Waals surface area contributed by atoms with Crippen LogP contribution >= 0.6 is 0 Å². The van der Waals surface area contributed by atoms with Crippen LogP contribution in [0.1, 0.15) is 18.6 Å². The first kappa shape index (κ1) is 20.1. The maximum absolute atomic E-state index is 13.9. The topological polar surface area (TPSA) is 65.0 Å². The summed E-state index contributed by atoms with van der Waals surface area (Å²) in [5.41, 5.74) is 1.94. The number of aliphatic hydroxyl groups is 1. The first-order valence-electron chi connectivity index (χ1n) is 9.50. The first-order chi connectivity index (χ1) is 13.6. The summed E-state index contributed by atoms with van der Waals surface area (Å²) in [7, 11) is 0. The maximum Gasteiger partial charge on any atom is 0.411 e. The molecule has 6 nitrogen and oxygen atoms in total. The summed E-state index contributed by atoms with van der Waals surface area (Å²) in [4.78, 5) is 15.7. The number of hydrogen-bond donors (Lipinski definition) is 2. The fourth-order valence-electron chi connectivity index (χ4n) is 3.34. The molecule has 1 aliphatic heterocycles. The SMILES string of the molecule is CCOC(=O)Nc1cccc(C(O)CN2CCN(c3ccccc3F)CC2)c1. The van der Waals surface area contributed by atoms with E-state index < -0.39 is 12.2 Å². The highest BCUT2D eigenvalue weighted by Crippen LogP contribution is 2.22. The summed E-state index contributed by atoms with van der Waals surface area (Å²) < 4.78 is 18.8. The van der Waals surface area contributed by atoms with Gasteiger partial charge in [0.2, 0.25) is 0 Å². The van der Waals surface area contributed by atoms with E-state index in [2.05, 4.69) is 10.2 Å². The smallest absolute Gasteiger partial charge is 0.411 e. The van der Waals surface area contributed by atoms with Crippen LogP contribution in [-0.4, -0.2) is 55.4 Å². The molecule has 1 aliphatic rings. The number of piperazine rings is 1. The van der Waals surface area contributed by atoms with Crippen molar-refractivity contribution < 1.29 is 19.0 Å². The number of ether oxygens (including phenoxy) is 1. The van der Waals surface area contributed by atoms with Crippen LogP contribution in [-0.2, 0) is 4.74 Å². The van der Waals surface area contributed by atoms with Gasteiger partial charge in [-0.2, -0.15) is 0 Å². The molecule has 3 rings (SSSR count). The summed E-state index contributed by atoms with van der Waals surface area (Å²) in [6.07, 6.45) is -1.19. The normalized spacial score (nSPS) is 15.9. The number of amides is 1. The van der Waals surface area contributed by atoms with Crippen LogP contribution in [0.2, 0.25) is 0 Å². The van der Waals surface area contributed by atoms with E-state index in [1.54, 1.807) is 37.3 Å². The molecule has 2 aromatic carbocycles. The molecule has 28 heavy (non-hydrogen) atoms. The molecule has 1 amide bonds. The molecule has 2 N–H and O–H groups in total. The van der Waals surface area contributed by atoms with Crippen LogP contribution in [0, 0.1) is 5.82 Å². The Labute approximate surface area is 164 Å².